The van der Waals surface area contributed by atoms with E-state index in [1.54, 1.807) is 0 Å². The molecule has 144 valence electrons. The zero-order valence-corrected chi connectivity index (χ0v) is 16.2. The van der Waals surface area contributed by atoms with Crippen molar-refractivity contribution in [1.29, 1.82) is 0 Å². The van der Waals surface area contributed by atoms with E-state index >= 15 is 0 Å². The van der Waals surface area contributed by atoms with Crippen LogP contribution in [0.2, 0.25) is 0 Å². The number of carbonyl (C=O) groups excluding carboxylic acids is 1. The Balaban J connectivity index is 0.00000196. The molecule has 1 saturated carbocycles. The van der Waals surface area contributed by atoms with Crippen LogP contribution in [-0.2, 0) is 14.9 Å². The number of nitrogens with one attached hydrogen (secondary N) is 1. The number of halogens is 1. The van der Waals surface area contributed by atoms with Gasteiger partial charge in [0.05, 0.1) is 18.6 Å². The highest BCUT2D eigenvalue weighted by molar-refractivity contribution is 5.91. The molecule has 26 heavy (non-hydrogen) atoms. The minimum Gasteiger partial charge on any atom is -0.379 e. The maximum absolute atomic E-state index is 13.5. The number of carbonyl (C=O) groups is 1. The van der Waals surface area contributed by atoms with E-state index in [2.05, 4.69) is 39.4 Å². The van der Waals surface area contributed by atoms with Gasteiger partial charge in [0, 0.05) is 38.8 Å². The normalized spacial score (nSPS) is 24.7. The molecule has 1 N–H and O–H groups in total. The van der Waals surface area contributed by atoms with Gasteiger partial charge in [-0.25, -0.2) is 0 Å². The average molecular weight is 380 g/mol. The molecule has 6 heteroatoms. The zero-order chi connectivity index (χ0) is 17.1. The van der Waals surface area contributed by atoms with Crippen LogP contribution in [0.5, 0.6) is 0 Å². The Morgan fingerprint density at radius 3 is 2.58 bits per heavy atom. The van der Waals surface area contributed by atoms with E-state index < -0.39 is 0 Å². The van der Waals surface area contributed by atoms with E-state index in [0.717, 1.165) is 71.7 Å². The molecule has 0 radical (unpaired) electrons. The van der Waals surface area contributed by atoms with Gasteiger partial charge < -0.3 is 15.0 Å². The van der Waals surface area contributed by atoms with Crippen LogP contribution in [0.25, 0.3) is 0 Å². The van der Waals surface area contributed by atoms with Crippen molar-refractivity contribution in [1.82, 2.24) is 15.1 Å². The van der Waals surface area contributed by atoms with Crippen LogP contribution in [0, 0.1) is 0 Å². The molecule has 2 saturated heterocycles. The Hall–Kier alpha value is -1.14. The van der Waals surface area contributed by atoms with Gasteiger partial charge in [-0.2, -0.15) is 0 Å². The van der Waals surface area contributed by atoms with Crippen molar-refractivity contribution in [2.75, 3.05) is 52.5 Å². The second kappa shape index (κ2) is 8.70. The van der Waals surface area contributed by atoms with Gasteiger partial charge in [-0.05, 0) is 31.4 Å². The lowest BCUT2D eigenvalue weighted by atomic mass is 9.93. The van der Waals surface area contributed by atoms with Gasteiger partial charge in [0.25, 0.3) is 0 Å². The minimum atomic E-state index is -0.255. The summed E-state index contributed by atoms with van der Waals surface area (Å²) < 4.78 is 5.44. The molecule has 0 aromatic heterocycles. The summed E-state index contributed by atoms with van der Waals surface area (Å²) in [6, 6.07) is 10.7. The number of benzene rings is 1. The predicted molar refractivity (Wildman–Crippen MR) is 105 cm³/mol. The fraction of sp³-hybridized carbons (Fsp3) is 0.650. The van der Waals surface area contributed by atoms with Crippen LogP contribution < -0.4 is 5.32 Å². The Morgan fingerprint density at radius 1 is 1.23 bits per heavy atom. The standard InChI is InChI=1S/C20H29N3O2.ClH/c24-19(20(7-8-20)17-4-2-1-3-5-17)23(18-6-9-21-16-18)11-10-22-12-14-25-15-13-22;/h1-5,18,21H,6-16H2;1H. The summed E-state index contributed by atoms with van der Waals surface area (Å²) in [5, 5.41) is 3.43. The van der Waals surface area contributed by atoms with Crippen LogP contribution in [0.15, 0.2) is 30.3 Å². The maximum atomic E-state index is 13.5. The molecule has 3 aliphatic rings. The van der Waals surface area contributed by atoms with Crippen molar-refractivity contribution in [2.24, 2.45) is 0 Å². The summed E-state index contributed by atoms with van der Waals surface area (Å²) in [5.41, 5.74) is 0.942. The van der Waals surface area contributed by atoms with E-state index in [1.165, 1.54) is 5.56 Å². The molecular formula is C20H30ClN3O2. The molecule has 5 nitrogen and oxygen atoms in total. The molecule has 2 heterocycles. The lowest BCUT2D eigenvalue weighted by Gasteiger charge is -2.35. The van der Waals surface area contributed by atoms with E-state index in [0.29, 0.717) is 11.9 Å². The van der Waals surface area contributed by atoms with Gasteiger partial charge in [0.2, 0.25) is 5.91 Å². The highest BCUT2D eigenvalue weighted by Gasteiger charge is 2.53. The van der Waals surface area contributed by atoms with Gasteiger partial charge in [-0.1, -0.05) is 30.3 Å². The van der Waals surface area contributed by atoms with Crippen molar-refractivity contribution in [3.63, 3.8) is 0 Å². The lowest BCUT2D eigenvalue weighted by molar-refractivity contribution is -0.136. The van der Waals surface area contributed by atoms with Crippen LogP contribution in [-0.4, -0.2) is 74.2 Å². The number of nitrogens with zero attached hydrogens (tertiary/aromatic N) is 2. The molecule has 3 fully saturated rings. The zero-order valence-electron chi connectivity index (χ0n) is 15.4. The molecule has 1 aromatic carbocycles. The third kappa shape index (κ3) is 4.06. The van der Waals surface area contributed by atoms with E-state index in [-0.39, 0.29) is 17.8 Å². The second-order valence-corrected chi connectivity index (χ2v) is 7.55. The van der Waals surface area contributed by atoms with Gasteiger partial charge in [0.15, 0.2) is 0 Å². The van der Waals surface area contributed by atoms with Crippen molar-refractivity contribution in [3.05, 3.63) is 35.9 Å². The number of hydrogen-bond donors (Lipinski definition) is 1. The van der Waals surface area contributed by atoms with Gasteiger partial charge in [-0.15, -0.1) is 12.4 Å². The first kappa shape index (κ1) is 19.6. The fourth-order valence-electron chi connectivity index (χ4n) is 4.21. The molecule has 0 spiro atoms. The third-order valence-electron chi connectivity index (χ3n) is 5.98. The summed E-state index contributed by atoms with van der Waals surface area (Å²) in [7, 11) is 0. The first-order chi connectivity index (χ1) is 12.3. The van der Waals surface area contributed by atoms with Crippen LogP contribution in [0.4, 0.5) is 0 Å². The topological polar surface area (TPSA) is 44.8 Å². The Kier molecular flexibility index (Phi) is 6.56. The summed E-state index contributed by atoms with van der Waals surface area (Å²) in [6.45, 7) is 7.32. The molecule has 1 atom stereocenters. The average Bonchev–Trinajstić information content (AvgIpc) is 3.32. The van der Waals surface area contributed by atoms with Gasteiger partial charge in [0.1, 0.15) is 0 Å². The van der Waals surface area contributed by atoms with Gasteiger partial charge in [-0.3, -0.25) is 9.69 Å². The fourth-order valence-corrected chi connectivity index (χ4v) is 4.21. The molecule has 1 aliphatic carbocycles. The molecular weight excluding hydrogens is 350 g/mol. The summed E-state index contributed by atoms with van der Waals surface area (Å²) in [5.74, 6) is 0.348. The lowest BCUT2D eigenvalue weighted by Crippen LogP contribution is -2.50. The number of rotatable bonds is 6. The highest BCUT2D eigenvalue weighted by atomic mass is 35.5. The van der Waals surface area contributed by atoms with Crippen LogP contribution in [0.1, 0.15) is 24.8 Å². The van der Waals surface area contributed by atoms with Crippen LogP contribution in [0.3, 0.4) is 0 Å². The summed E-state index contributed by atoms with van der Waals surface area (Å²) >= 11 is 0. The summed E-state index contributed by atoms with van der Waals surface area (Å²) in [4.78, 5) is 18.2. The largest absolute Gasteiger partial charge is 0.379 e. The van der Waals surface area contributed by atoms with Crippen LogP contribution >= 0.6 is 12.4 Å². The SMILES string of the molecule is Cl.O=C(N(CCN1CCOCC1)C1CCNC1)C1(c2ccccc2)CC1. The molecule has 2 aliphatic heterocycles. The highest BCUT2D eigenvalue weighted by Crippen LogP contribution is 2.49. The molecule has 4 rings (SSSR count). The van der Waals surface area contributed by atoms with Crippen molar-refractivity contribution in [2.45, 2.75) is 30.7 Å². The van der Waals surface area contributed by atoms with E-state index in [1.807, 2.05) is 6.07 Å². The number of amides is 1. The second-order valence-electron chi connectivity index (χ2n) is 7.55. The number of ether oxygens (including phenoxy) is 1. The molecule has 1 unspecified atom stereocenters. The Labute approximate surface area is 162 Å². The smallest absolute Gasteiger partial charge is 0.233 e. The molecule has 0 bridgehead atoms. The number of morpholine rings is 1. The Bertz CT molecular complexity index is 582. The first-order valence-corrected chi connectivity index (χ1v) is 9.67. The monoisotopic (exact) mass is 379 g/mol. The van der Waals surface area contributed by atoms with E-state index in [4.69, 9.17) is 4.74 Å². The Morgan fingerprint density at radius 2 is 1.96 bits per heavy atom. The van der Waals surface area contributed by atoms with Crippen molar-refractivity contribution >= 4 is 18.3 Å². The third-order valence-corrected chi connectivity index (χ3v) is 5.98. The van der Waals surface area contributed by atoms with Crippen molar-refractivity contribution in [3.8, 4) is 0 Å². The first-order valence-electron chi connectivity index (χ1n) is 9.67. The molecule has 1 amide bonds. The quantitative estimate of drug-likeness (QED) is 0.816. The van der Waals surface area contributed by atoms with Gasteiger partial charge >= 0.3 is 0 Å². The summed E-state index contributed by atoms with van der Waals surface area (Å²) in [6.07, 6.45) is 3.05. The molecule has 1 aromatic rings. The van der Waals surface area contributed by atoms with E-state index in [9.17, 15) is 4.79 Å². The maximum Gasteiger partial charge on any atom is 0.233 e. The predicted octanol–water partition coefficient (Wildman–Crippen LogP) is 1.66. The minimum absolute atomic E-state index is 0. The van der Waals surface area contributed by atoms with Crippen molar-refractivity contribution < 1.29 is 9.53 Å². The number of hydrogen-bond acceptors (Lipinski definition) is 4.